The Morgan fingerprint density at radius 1 is 0.318 bits per heavy atom. The second-order valence-corrected chi connectivity index (χ2v) is 11.4. The third kappa shape index (κ3) is 3.68. The number of hydrogen-bond acceptors (Lipinski definition) is 0. The van der Waals surface area contributed by atoms with Crippen molar-refractivity contribution in [1.29, 1.82) is 0 Å². The normalized spacial score (nSPS) is 11.6. The van der Waals surface area contributed by atoms with Gasteiger partial charge < -0.3 is 9.13 Å². The van der Waals surface area contributed by atoms with Crippen LogP contribution in [-0.4, -0.2) is 9.13 Å². The lowest BCUT2D eigenvalue weighted by molar-refractivity contribution is 1.15. The molecule has 9 rings (SSSR count). The van der Waals surface area contributed by atoms with Crippen molar-refractivity contribution in [3.63, 3.8) is 0 Å². The molecule has 2 nitrogen and oxygen atoms in total. The Bertz CT molecular complexity index is 2450. The van der Waals surface area contributed by atoms with Crippen molar-refractivity contribution in [1.82, 2.24) is 9.13 Å². The van der Waals surface area contributed by atoms with Crippen molar-refractivity contribution < 1.29 is 0 Å². The van der Waals surface area contributed by atoms with Gasteiger partial charge in [0.1, 0.15) is 0 Å². The van der Waals surface area contributed by atoms with Crippen LogP contribution in [0.15, 0.2) is 170 Å². The van der Waals surface area contributed by atoms with Gasteiger partial charge in [0.15, 0.2) is 0 Å². The molecular weight excluding hydrogens is 532 g/mol. The fourth-order valence-corrected chi connectivity index (χ4v) is 6.99. The lowest BCUT2D eigenvalue weighted by Gasteiger charge is -2.14. The highest BCUT2D eigenvalue weighted by Crippen LogP contribution is 2.46. The number of benzene rings is 7. The number of nitrogens with zero attached hydrogens (tertiary/aromatic N) is 2. The molecule has 0 amide bonds. The highest BCUT2D eigenvalue weighted by Gasteiger charge is 2.24. The number of fused-ring (bicyclic) bond motifs is 7. The third-order valence-corrected chi connectivity index (χ3v) is 8.90. The van der Waals surface area contributed by atoms with Crippen molar-refractivity contribution in [2.45, 2.75) is 0 Å². The molecule has 44 heavy (non-hydrogen) atoms. The smallest absolute Gasteiger partial charge is 0.0795 e. The minimum atomic E-state index is 1.15. The lowest BCUT2D eigenvalue weighted by Crippen LogP contribution is -1.99. The Morgan fingerprint density at radius 3 is 1.48 bits per heavy atom. The zero-order valence-corrected chi connectivity index (χ0v) is 24.1. The Hall–Kier alpha value is -5.86. The molecule has 206 valence electrons. The second kappa shape index (κ2) is 9.86. The third-order valence-electron chi connectivity index (χ3n) is 8.90. The van der Waals surface area contributed by atoms with Crippen LogP contribution in [-0.2, 0) is 0 Å². The van der Waals surface area contributed by atoms with Crippen LogP contribution in [0, 0.1) is 0 Å². The quantitative estimate of drug-likeness (QED) is 0.203. The van der Waals surface area contributed by atoms with Gasteiger partial charge in [-0.05, 0) is 64.7 Å². The van der Waals surface area contributed by atoms with Crippen molar-refractivity contribution in [2.75, 3.05) is 0 Å². The molecule has 2 heteroatoms. The van der Waals surface area contributed by atoms with E-state index < -0.39 is 0 Å². The van der Waals surface area contributed by atoms with E-state index in [2.05, 4.69) is 179 Å². The first-order chi connectivity index (χ1) is 21.9. The van der Waals surface area contributed by atoms with Gasteiger partial charge in [0.2, 0.25) is 0 Å². The molecule has 0 radical (unpaired) electrons. The summed E-state index contributed by atoms with van der Waals surface area (Å²) in [5.41, 5.74) is 12.0. The zero-order chi connectivity index (χ0) is 29.0. The van der Waals surface area contributed by atoms with Gasteiger partial charge in [-0.25, -0.2) is 0 Å². The maximum atomic E-state index is 2.48. The highest BCUT2D eigenvalue weighted by molar-refractivity contribution is 6.28. The van der Waals surface area contributed by atoms with Crippen LogP contribution in [0.4, 0.5) is 0 Å². The summed E-state index contributed by atoms with van der Waals surface area (Å²) in [4.78, 5) is 0. The predicted octanol–water partition coefficient (Wildman–Crippen LogP) is 11.2. The molecule has 9 aromatic rings. The van der Waals surface area contributed by atoms with Crippen LogP contribution in [0.3, 0.4) is 0 Å². The van der Waals surface area contributed by atoms with Crippen molar-refractivity contribution in [3.05, 3.63) is 170 Å². The van der Waals surface area contributed by atoms with Crippen molar-refractivity contribution >= 4 is 43.6 Å². The minimum absolute atomic E-state index is 1.15. The predicted molar refractivity (Wildman–Crippen MR) is 186 cm³/mol. The molecule has 0 spiro atoms. The van der Waals surface area contributed by atoms with Gasteiger partial charge in [0.25, 0.3) is 0 Å². The molecule has 0 aliphatic heterocycles. The van der Waals surface area contributed by atoms with E-state index >= 15 is 0 Å². The van der Waals surface area contributed by atoms with E-state index in [9.17, 15) is 0 Å². The molecule has 0 aliphatic carbocycles. The summed E-state index contributed by atoms with van der Waals surface area (Å²) in [6, 6.07) is 61.3. The first-order valence-electron chi connectivity index (χ1n) is 15.1. The summed E-state index contributed by atoms with van der Waals surface area (Å²) in [6.45, 7) is 0. The van der Waals surface area contributed by atoms with E-state index in [4.69, 9.17) is 0 Å². The van der Waals surface area contributed by atoms with E-state index in [0.29, 0.717) is 0 Å². The molecule has 0 saturated carbocycles. The molecule has 0 bridgehead atoms. The number of rotatable bonds is 4. The number of hydrogen-bond donors (Lipinski definition) is 0. The molecule has 0 N–H and O–H groups in total. The molecule has 0 aliphatic rings. The van der Waals surface area contributed by atoms with Crippen LogP contribution >= 0.6 is 0 Å². The first-order valence-corrected chi connectivity index (χ1v) is 15.1. The summed E-state index contributed by atoms with van der Waals surface area (Å²) in [5, 5.41) is 5.02. The molecule has 0 fully saturated rings. The number of para-hydroxylation sites is 3. The average Bonchev–Trinajstić information content (AvgIpc) is 3.63. The van der Waals surface area contributed by atoms with Crippen LogP contribution in [0.1, 0.15) is 0 Å². The Kier molecular flexibility index (Phi) is 5.54. The van der Waals surface area contributed by atoms with Gasteiger partial charge in [-0.1, -0.05) is 127 Å². The van der Waals surface area contributed by atoms with Gasteiger partial charge in [0.05, 0.1) is 22.1 Å². The summed E-state index contributed by atoms with van der Waals surface area (Å²) in [6.07, 6.45) is 0. The lowest BCUT2D eigenvalue weighted by atomic mass is 9.96. The van der Waals surface area contributed by atoms with Crippen molar-refractivity contribution in [3.8, 4) is 33.6 Å². The monoisotopic (exact) mass is 560 g/mol. The first kappa shape index (κ1) is 24.7. The summed E-state index contributed by atoms with van der Waals surface area (Å²) < 4.78 is 4.93. The van der Waals surface area contributed by atoms with Gasteiger partial charge in [-0.2, -0.15) is 0 Å². The molecule has 2 heterocycles. The molecule has 0 saturated heterocycles. The van der Waals surface area contributed by atoms with Crippen LogP contribution in [0.2, 0.25) is 0 Å². The highest BCUT2D eigenvalue weighted by atomic mass is 15.0. The number of aromatic nitrogens is 2. The topological polar surface area (TPSA) is 9.86 Å². The molecule has 0 unspecified atom stereocenters. The molecule has 2 aromatic heterocycles. The maximum Gasteiger partial charge on any atom is 0.0795 e. The van der Waals surface area contributed by atoms with Crippen LogP contribution < -0.4 is 0 Å². The standard InChI is InChI=1S/C42H28N2/c1-4-14-29(15-5-1)30-24-26-33(27-25-30)44-39-23-13-11-21-35(39)40-36(31-16-6-2-7-17-31)28-37-34-20-10-12-22-38(34)43(41(37)42(40)44)32-18-8-3-9-19-32/h1-28H. The van der Waals surface area contributed by atoms with E-state index in [1.807, 2.05) is 0 Å². The molecule has 0 atom stereocenters. The van der Waals surface area contributed by atoms with Crippen LogP contribution in [0.5, 0.6) is 0 Å². The fraction of sp³-hybridized carbons (Fsp3) is 0. The van der Waals surface area contributed by atoms with Gasteiger partial charge in [-0.3, -0.25) is 0 Å². The molecule has 7 aromatic carbocycles. The fourth-order valence-electron chi connectivity index (χ4n) is 6.99. The Morgan fingerprint density at radius 2 is 0.795 bits per heavy atom. The summed E-state index contributed by atoms with van der Waals surface area (Å²) in [7, 11) is 0. The summed E-state index contributed by atoms with van der Waals surface area (Å²) >= 11 is 0. The Labute approximate surface area is 255 Å². The maximum absolute atomic E-state index is 2.48. The molecular formula is C42H28N2. The SMILES string of the molecule is c1ccc(-c2ccc(-n3c4ccccc4c4c(-c5ccccc5)cc5c6ccccc6n(-c6ccccc6)c5c43)cc2)cc1. The minimum Gasteiger partial charge on any atom is -0.307 e. The van der Waals surface area contributed by atoms with E-state index in [0.717, 1.165) is 11.4 Å². The van der Waals surface area contributed by atoms with Gasteiger partial charge in [-0.15, -0.1) is 0 Å². The van der Waals surface area contributed by atoms with E-state index in [-0.39, 0.29) is 0 Å². The average molecular weight is 561 g/mol. The largest absolute Gasteiger partial charge is 0.307 e. The summed E-state index contributed by atoms with van der Waals surface area (Å²) in [5.74, 6) is 0. The van der Waals surface area contributed by atoms with Crippen LogP contribution in [0.25, 0.3) is 77.2 Å². The zero-order valence-electron chi connectivity index (χ0n) is 24.1. The second-order valence-electron chi connectivity index (χ2n) is 11.4. The van der Waals surface area contributed by atoms with Gasteiger partial charge in [0, 0.05) is 32.9 Å². The van der Waals surface area contributed by atoms with Gasteiger partial charge >= 0.3 is 0 Å². The Balaban J connectivity index is 1.49. The van der Waals surface area contributed by atoms with Crippen molar-refractivity contribution in [2.24, 2.45) is 0 Å². The van der Waals surface area contributed by atoms with E-state index in [1.165, 1.54) is 65.9 Å². The van der Waals surface area contributed by atoms with E-state index in [1.54, 1.807) is 0 Å².